The molecule has 1 aromatic carbocycles. The lowest BCUT2D eigenvalue weighted by Crippen LogP contribution is -2.35. The second kappa shape index (κ2) is 4.93. The first-order valence-electron chi connectivity index (χ1n) is 4.89. The zero-order chi connectivity index (χ0) is 13.2. The minimum Gasteiger partial charge on any atom is -0.398 e. The third-order valence-corrected chi connectivity index (χ3v) is 4.86. The first-order chi connectivity index (χ1) is 7.80. The number of hydrogen-bond donors (Lipinski definition) is 2. The molecule has 0 aliphatic heterocycles. The summed E-state index contributed by atoms with van der Waals surface area (Å²) in [6.45, 7) is 1.56. The standard InChI is InChI=1S/C10H13ClN2O3S/c1-2-8(10(13)14)17(15,16)9-5-6(11)3-4-7(9)12/h3-5,8H,2,12H2,1H3,(H2,13,14). The lowest BCUT2D eigenvalue weighted by Gasteiger charge is -2.14. The summed E-state index contributed by atoms with van der Waals surface area (Å²) in [6.07, 6.45) is 0.0869. The van der Waals surface area contributed by atoms with Crippen LogP contribution in [0.4, 0.5) is 5.69 Å². The van der Waals surface area contributed by atoms with Crippen LogP contribution in [0.5, 0.6) is 0 Å². The molecule has 0 aromatic heterocycles. The van der Waals surface area contributed by atoms with E-state index < -0.39 is 21.0 Å². The highest BCUT2D eigenvalue weighted by Crippen LogP contribution is 2.27. The van der Waals surface area contributed by atoms with Crippen LogP contribution in [0.1, 0.15) is 13.3 Å². The molecule has 0 saturated carbocycles. The largest absolute Gasteiger partial charge is 0.398 e. The van der Waals surface area contributed by atoms with Crippen molar-refractivity contribution in [2.45, 2.75) is 23.5 Å². The SMILES string of the molecule is CCC(C(N)=O)S(=O)(=O)c1cc(Cl)ccc1N. The Hall–Kier alpha value is -1.27. The number of halogens is 1. The average molecular weight is 277 g/mol. The van der Waals surface area contributed by atoms with Crippen molar-refractivity contribution in [3.8, 4) is 0 Å². The van der Waals surface area contributed by atoms with Gasteiger partial charge in [0, 0.05) is 5.02 Å². The molecule has 0 fully saturated rings. The molecule has 1 rings (SSSR count). The maximum atomic E-state index is 12.1. The van der Waals surface area contributed by atoms with E-state index in [-0.39, 0.29) is 22.0 Å². The van der Waals surface area contributed by atoms with Crippen molar-refractivity contribution in [3.63, 3.8) is 0 Å². The molecule has 94 valence electrons. The van der Waals surface area contributed by atoms with Gasteiger partial charge < -0.3 is 11.5 Å². The first kappa shape index (κ1) is 13.8. The van der Waals surface area contributed by atoms with Crippen LogP contribution in [-0.2, 0) is 14.6 Å². The van der Waals surface area contributed by atoms with Crippen LogP contribution in [0.2, 0.25) is 5.02 Å². The molecule has 0 aliphatic carbocycles. The van der Waals surface area contributed by atoms with E-state index in [0.29, 0.717) is 0 Å². The van der Waals surface area contributed by atoms with Crippen molar-refractivity contribution in [3.05, 3.63) is 23.2 Å². The molecule has 5 nitrogen and oxygen atoms in total. The van der Waals surface area contributed by atoms with Crippen molar-refractivity contribution in [2.24, 2.45) is 5.73 Å². The number of carbonyl (C=O) groups is 1. The molecular weight excluding hydrogens is 264 g/mol. The van der Waals surface area contributed by atoms with Crippen LogP contribution in [0.15, 0.2) is 23.1 Å². The lowest BCUT2D eigenvalue weighted by atomic mass is 10.3. The number of amides is 1. The molecule has 7 heteroatoms. The van der Waals surface area contributed by atoms with Gasteiger partial charge in [0.25, 0.3) is 0 Å². The molecule has 0 bridgehead atoms. The number of nitrogens with two attached hydrogens (primary N) is 2. The van der Waals surface area contributed by atoms with Crippen molar-refractivity contribution in [2.75, 3.05) is 5.73 Å². The van der Waals surface area contributed by atoms with Gasteiger partial charge in [-0.05, 0) is 24.6 Å². The zero-order valence-corrected chi connectivity index (χ0v) is 10.8. The van der Waals surface area contributed by atoms with Crippen LogP contribution in [0, 0.1) is 0 Å². The van der Waals surface area contributed by atoms with Crippen LogP contribution >= 0.6 is 11.6 Å². The smallest absolute Gasteiger partial charge is 0.236 e. The summed E-state index contributed by atoms with van der Waals surface area (Å²) in [5.74, 6) is -0.896. The number of primary amides is 1. The van der Waals surface area contributed by atoms with Crippen LogP contribution < -0.4 is 11.5 Å². The molecule has 0 saturated heterocycles. The molecule has 0 radical (unpaired) electrons. The van der Waals surface area contributed by atoms with E-state index in [2.05, 4.69) is 0 Å². The van der Waals surface area contributed by atoms with Gasteiger partial charge in [0.15, 0.2) is 9.84 Å². The van der Waals surface area contributed by atoms with Gasteiger partial charge in [0.2, 0.25) is 5.91 Å². The van der Waals surface area contributed by atoms with Gasteiger partial charge in [-0.25, -0.2) is 8.42 Å². The summed E-state index contributed by atoms with van der Waals surface area (Å²) in [6, 6.07) is 4.07. The number of sulfone groups is 1. The van der Waals surface area contributed by atoms with E-state index in [0.717, 1.165) is 0 Å². The molecule has 1 atom stereocenters. The van der Waals surface area contributed by atoms with E-state index in [1.165, 1.54) is 18.2 Å². The number of anilines is 1. The Morgan fingerprint density at radius 2 is 2.06 bits per heavy atom. The maximum Gasteiger partial charge on any atom is 0.236 e. The van der Waals surface area contributed by atoms with Gasteiger partial charge in [0.05, 0.1) is 10.6 Å². The van der Waals surface area contributed by atoms with Crippen molar-refractivity contribution < 1.29 is 13.2 Å². The number of rotatable bonds is 4. The van der Waals surface area contributed by atoms with Gasteiger partial charge in [-0.15, -0.1) is 0 Å². The lowest BCUT2D eigenvalue weighted by molar-refractivity contribution is -0.117. The molecule has 17 heavy (non-hydrogen) atoms. The second-order valence-electron chi connectivity index (χ2n) is 3.53. The summed E-state index contributed by atoms with van der Waals surface area (Å²) in [5.41, 5.74) is 10.7. The fourth-order valence-corrected chi connectivity index (χ4v) is 3.46. The molecule has 0 aliphatic rings. The van der Waals surface area contributed by atoms with Crippen LogP contribution in [-0.4, -0.2) is 19.6 Å². The molecule has 1 unspecified atom stereocenters. The van der Waals surface area contributed by atoms with E-state index >= 15 is 0 Å². The summed E-state index contributed by atoms with van der Waals surface area (Å²) < 4.78 is 24.3. The molecular formula is C10H13ClN2O3S. The van der Waals surface area contributed by atoms with E-state index in [1.807, 2.05) is 0 Å². The van der Waals surface area contributed by atoms with Crippen molar-refractivity contribution >= 4 is 33.0 Å². The summed E-state index contributed by atoms with van der Waals surface area (Å²) in [5, 5.41) is -1.06. The van der Waals surface area contributed by atoms with E-state index in [4.69, 9.17) is 23.1 Å². The molecule has 4 N–H and O–H groups in total. The van der Waals surface area contributed by atoms with Crippen molar-refractivity contribution in [1.29, 1.82) is 0 Å². The monoisotopic (exact) mass is 276 g/mol. The quantitative estimate of drug-likeness (QED) is 0.799. The zero-order valence-electron chi connectivity index (χ0n) is 9.18. The van der Waals surface area contributed by atoms with Gasteiger partial charge in [-0.1, -0.05) is 18.5 Å². The van der Waals surface area contributed by atoms with Gasteiger partial charge in [0.1, 0.15) is 5.25 Å². The van der Waals surface area contributed by atoms with Gasteiger partial charge in [-0.2, -0.15) is 0 Å². The normalized spacial score (nSPS) is 13.3. The molecule has 0 spiro atoms. The van der Waals surface area contributed by atoms with Crippen molar-refractivity contribution in [1.82, 2.24) is 0 Å². The Morgan fingerprint density at radius 1 is 1.47 bits per heavy atom. The third kappa shape index (κ3) is 2.70. The number of nitrogen functional groups attached to an aromatic ring is 1. The Bertz CT molecular complexity index is 542. The highest BCUT2D eigenvalue weighted by Gasteiger charge is 2.32. The maximum absolute atomic E-state index is 12.1. The number of hydrogen-bond acceptors (Lipinski definition) is 4. The molecule has 1 amide bonds. The minimum atomic E-state index is -3.89. The Morgan fingerprint density at radius 3 is 2.53 bits per heavy atom. The Balaban J connectivity index is 3.40. The highest BCUT2D eigenvalue weighted by atomic mass is 35.5. The fourth-order valence-electron chi connectivity index (χ4n) is 1.48. The Labute approximate surface area is 105 Å². The van der Waals surface area contributed by atoms with E-state index in [1.54, 1.807) is 6.92 Å². The Kier molecular flexibility index (Phi) is 4.00. The summed E-state index contributed by atoms with van der Waals surface area (Å²) >= 11 is 5.71. The fraction of sp³-hybridized carbons (Fsp3) is 0.300. The minimum absolute atomic E-state index is 0.0501. The summed E-state index contributed by atoms with van der Waals surface area (Å²) in [4.78, 5) is 11.0. The molecule has 1 aromatic rings. The predicted octanol–water partition coefficient (Wildman–Crippen LogP) is 0.960. The molecule has 0 heterocycles. The third-order valence-electron chi connectivity index (χ3n) is 2.34. The van der Waals surface area contributed by atoms with Crippen LogP contribution in [0.3, 0.4) is 0 Å². The van der Waals surface area contributed by atoms with Gasteiger partial charge >= 0.3 is 0 Å². The van der Waals surface area contributed by atoms with E-state index in [9.17, 15) is 13.2 Å². The topological polar surface area (TPSA) is 103 Å². The number of benzene rings is 1. The first-order valence-corrected chi connectivity index (χ1v) is 6.81. The van der Waals surface area contributed by atoms with Crippen LogP contribution in [0.25, 0.3) is 0 Å². The second-order valence-corrected chi connectivity index (χ2v) is 6.06. The van der Waals surface area contributed by atoms with Gasteiger partial charge in [-0.3, -0.25) is 4.79 Å². The average Bonchev–Trinajstić information content (AvgIpc) is 2.21. The predicted molar refractivity (Wildman–Crippen MR) is 66.3 cm³/mol. The number of carbonyl (C=O) groups excluding carboxylic acids is 1. The summed E-state index contributed by atoms with van der Waals surface area (Å²) in [7, 11) is -3.89. The highest BCUT2D eigenvalue weighted by molar-refractivity contribution is 7.93.